The normalized spacial score (nSPS) is 18.8. The summed E-state index contributed by atoms with van der Waals surface area (Å²) in [5.74, 6) is 0. The van der Waals surface area contributed by atoms with E-state index in [1.807, 2.05) is 0 Å². The Morgan fingerprint density at radius 1 is 1.62 bits per heavy atom. The van der Waals surface area contributed by atoms with Crippen molar-refractivity contribution in [3.63, 3.8) is 0 Å². The zero-order valence-electron chi connectivity index (χ0n) is 9.82. The van der Waals surface area contributed by atoms with Crippen LogP contribution in [0.25, 0.3) is 0 Å². The minimum atomic E-state index is -0.434. The zero-order valence-corrected chi connectivity index (χ0v) is 9.82. The Balaban J connectivity index is 1.87. The summed E-state index contributed by atoms with van der Waals surface area (Å²) in [4.78, 5) is 2.34. The van der Waals surface area contributed by atoms with Gasteiger partial charge in [0.2, 0.25) is 0 Å². The SMILES string of the molecule is C=CCOCC(O)CNCCN1CCNC1. The lowest BCUT2D eigenvalue weighted by molar-refractivity contribution is 0.0493. The highest BCUT2D eigenvalue weighted by atomic mass is 16.5. The van der Waals surface area contributed by atoms with Crippen molar-refractivity contribution in [1.29, 1.82) is 0 Å². The third-order valence-electron chi connectivity index (χ3n) is 2.47. The van der Waals surface area contributed by atoms with Gasteiger partial charge in [0.15, 0.2) is 0 Å². The van der Waals surface area contributed by atoms with Crippen LogP contribution < -0.4 is 10.6 Å². The molecule has 1 unspecified atom stereocenters. The van der Waals surface area contributed by atoms with Gasteiger partial charge >= 0.3 is 0 Å². The molecule has 16 heavy (non-hydrogen) atoms. The molecule has 5 heteroatoms. The molecular formula is C11H23N3O2. The fraction of sp³-hybridized carbons (Fsp3) is 0.818. The largest absolute Gasteiger partial charge is 0.389 e. The van der Waals surface area contributed by atoms with Crippen LogP contribution in [0.3, 0.4) is 0 Å². The van der Waals surface area contributed by atoms with Crippen molar-refractivity contribution in [1.82, 2.24) is 15.5 Å². The van der Waals surface area contributed by atoms with Gasteiger partial charge in [-0.3, -0.25) is 4.90 Å². The van der Waals surface area contributed by atoms with Gasteiger partial charge in [0.05, 0.1) is 19.3 Å². The van der Waals surface area contributed by atoms with Gasteiger partial charge in [-0.25, -0.2) is 0 Å². The van der Waals surface area contributed by atoms with Crippen molar-refractivity contribution in [3.05, 3.63) is 12.7 Å². The summed E-state index contributed by atoms with van der Waals surface area (Å²) in [6.07, 6.45) is 1.25. The van der Waals surface area contributed by atoms with Crippen LogP contribution in [0.2, 0.25) is 0 Å². The van der Waals surface area contributed by atoms with Gasteiger partial charge in [-0.15, -0.1) is 6.58 Å². The summed E-state index contributed by atoms with van der Waals surface area (Å²) < 4.78 is 5.15. The molecule has 0 amide bonds. The summed E-state index contributed by atoms with van der Waals surface area (Å²) in [6, 6.07) is 0. The van der Waals surface area contributed by atoms with Crippen LogP contribution >= 0.6 is 0 Å². The van der Waals surface area contributed by atoms with Gasteiger partial charge < -0.3 is 20.5 Å². The van der Waals surface area contributed by atoms with Gasteiger partial charge in [0.25, 0.3) is 0 Å². The maximum absolute atomic E-state index is 9.52. The molecule has 1 aliphatic rings. The zero-order chi connectivity index (χ0) is 11.6. The quantitative estimate of drug-likeness (QED) is 0.350. The molecule has 3 N–H and O–H groups in total. The molecule has 1 fully saturated rings. The van der Waals surface area contributed by atoms with Gasteiger partial charge in [-0.2, -0.15) is 0 Å². The monoisotopic (exact) mass is 229 g/mol. The van der Waals surface area contributed by atoms with E-state index in [-0.39, 0.29) is 0 Å². The fourth-order valence-electron chi connectivity index (χ4n) is 1.60. The first-order chi connectivity index (χ1) is 7.83. The Morgan fingerprint density at radius 3 is 3.19 bits per heavy atom. The van der Waals surface area contributed by atoms with Crippen LogP contribution in [0, 0.1) is 0 Å². The Labute approximate surface area is 97.5 Å². The highest BCUT2D eigenvalue weighted by Crippen LogP contribution is 1.90. The van der Waals surface area contributed by atoms with E-state index in [0.717, 1.165) is 32.8 Å². The smallest absolute Gasteiger partial charge is 0.0897 e. The number of ether oxygens (including phenoxy) is 1. The number of nitrogens with one attached hydrogen (secondary N) is 2. The molecule has 1 saturated heterocycles. The summed E-state index contributed by atoms with van der Waals surface area (Å²) in [5, 5.41) is 16.0. The molecule has 0 radical (unpaired) electrons. The van der Waals surface area contributed by atoms with Crippen molar-refractivity contribution in [3.8, 4) is 0 Å². The number of nitrogens with zero attached hydrogens (tertiary/aromatic N) is 1. The van der Waals surface area contributed by atoms with Crippen LogP contribution in [0.5, 0.6) is 0 Å². The molecule has 1 rings (SSSR count). The maximum Gasteiger partial charge on any atom is 0.0897 e. The van der Waals surface area contributed by atoms with E-state index in [1.54, 1.807) is 6.08 Å². The summed E-state index contributed by atoms with van der Waals surface area (Å²) in [5.41, 5.74) is 0. The second-order valence-corrected chi connectivity index (χ2v) is 3.96. The fourth-order valence-corrected chi connectivity index (χ4v) is 1.60. The average molecular weight is 229 g/mol. The predicted octanol–water partition coefficient (Wildman–Crippen LogP) is -0.998. The van der Waals surface area contributed by atoms with E-state index in [9.17, 15) is 5.11 Å². The number of hydrogen-bond donors (Lipinski definition) is 3. The van der Waals surface area contributed by atoms with E-state index in [4.69, 9.17) is 4.74 Å². The molecule has 1 aliphatic heterocycles. The first-order valence-corrected chi connectivity index (χ1v) is 5.83. The Kier molecular flexibility index (Phi) is 7.37. The lowest BCUT2D eigenvalue weighted by atomic mass is 10.3. The first-order valence-electron chi connectivity index (χ1n) is 5.83. The molecule has 0 bridgehead atoms. The molecule has 94 valence electrons. The number of hydrogen-bond acceptors (Lipinski definition) is 5. The molecule has 5 nitrogen and oxygen atoms in total. The minimum Gasteiger partial charge on any atom is -0.389 e. The molecule has 0 aromatic rings. The molecular weight excluding hydrogens is 206 g/mol. The van der Waals surface area contributed by atoms with Crippen LogP contribution in [-0.4, -0.2) is 68.7 Å². The van der Waals surface area contributed by atoms with E-state index < -0.39 is 6.10 Å². The number of aliphatic hydroxyl groups excluding tert-OH is 1. The van der Waals surface area contributed by atoms with Crippen molar-refractivity contribution in [2.24, 2.45) is 0 Å². The van der Waals surface area contributed by atoms with Gasteiger partial charge in [-0.1, -0.05) is 6.08 Å². The first kappa shape index (κ1) is 13.6. The molecule has 0 saturated carbocycles. The predicted molar refractivity (Wildman–Crippen MR) is 64.3 cm³/mol. The molecule has 1 atom stereocenters. The van der Waals surface area contributed by atoms with E-state index in [2.05, 4.69) is 22.1 Å². The van der Waals surface area contributed by atoms with Crippen molar-refractivity contribution >= 4 is 0 Å². The van der Waals surface area contributed by atoms with Crippen molar-refractivity contribution in [2.45, 2.75) is 6.10 Å². The van der Waals surface area contributed by atoms with Crippen molar-refractivity contribution < 1.29 is 9.84 Å². The number of rotatable bonds is 9. The average Bonchev–Trinajstić information content (AvgIpc) is 2.78. The second kappa shape index (κ2) is 8.66. The molecule has 0 aromatic heterocycles. The molecule has 1 heterocycles. The Morgan fingerprint density at radius 2 is 2.50 bits per heavy atom. The van der Waals surface area contributed by atoms with Gasteiger partial charge in [0.1, 0.15) is 0 Å². The van der Waals surface area contributed by atoms with Crippen molar-refractivity contribution in [2.75, 3.05) is 52.6 Å². The summed E-state index contributed by atoms with van der Waals surface area (Å²) in [6.45, 7) is 10.1. The maximum atomic E-state index is 9.52. The molecule has 0 aliphatic carbocycles. The lowest BCUT2D eigenvalue weighted by Crippen LogP contribution is -2.36. The summed E-state index contributed by atoms with van der Waals surface area (Å²) in [7, 11) is 0. The van der Waals surface area contributed by atoms with Gasteiger partial charge in [-0.05, 0) is 0 Å². The van der Waals surface area contributed by atoms with Crippen LogP contribution in [0.4, 0.5) is 0 Å². The minimum absolute atomic E-state index is 0.365. The van der Waals surface area contributed by atoms with Crippen LogP contribution in [-0.2, 0) is 4.74 Å². The molecule has 0 spiro atoms. The van der Waals surface area contributed by atoms with Gasteiger partial charge in [0, 0.05) is 39.4 Å². The van der Waals surface area contributed by atoms with E-state index >= 15 is 0 Å². The van der Waals surface area contributed by atoms with Crippen LogP contribution in [0.1, 0.15) is 0 Å². The Hall–Kier alpha value is -0.460. The Bertz CT molecular complexity index is 184. The standard InChI is InChI=1S/C11H23N3O2/c1-2-7-16-9-11(15)8-12-3-5-14-6-4-13-10-14/h2,11-13,15H,1,3-10H2. The topological polar surface area (TPSA) is 56.8 Å². The molecule has 0 aromatic carbocycles. The van der Waals surface area contributed by atoms with E-state index in [0.29, 0.717) is 19.8 Å². The third kappa shape index (κ3) is 6.19. The lowest BCUT2D eigenvalue weighted by Gasteiger charge is -2.15. The third-order valence-corrected chi connectivity index (χ3v) is 2.47. The highest BCUT2D eigenvalue weighted by Gasteiger charge is 2.09. The number of aliphatic hydroxyl groups is 1. The van der Waals surface area contributed by atoms with Crippen LogP contribution in [0.15, 0.2) is 12.7 Å². The van der Waals surface area contributed by atoms with E-state index in [1.165, 1.54) is 0 Å². The summed E-state index contributed by atoms with van der Waals surface area (Å²) >= 11 is 0. The highest BCUT2D eigenvalue weighted by molar-refractivity contribution is 4.68. The second-order valence-electron chi connectivity index (χ2n) is 3.96.